The van der Waals surface area contributed by atoms with Crippen LogP contribution in [-0.2, 0) is 4.79 Å². The first-order valence-electron chi connectivity index (χ1n) is 4.69. The fourth-order valence-corrected chi connectivity index (χ4v) is 1.33. The van der Waals surface area contributed by atoms with Gasteiger partial charge in [-0.25, -0.2) is 14.6 Å². The molecule has 0 radical (unpaired) electrons. The summed E-state index contributed by atoms with van der Waals surface area (Å²) in [6, 6.07) is -0.00388. The zero-order valence-corrected chi connectivity index (χ0v) is 12.3. The molecule has 0 atom stereocenters. The highest BCUT2D eigenvalue weighted by Crippen LogP contribution is 2.26. The molecule has 0 fully saturated rings. The molecule has 0 aliphatic rings. The monoisotopic (exact) mass is 359 g/mol. The molecule has 20 heavy (non-hydrogen) atoms. The molecule has 11 heteroatoms. The van der Waals surface area contributed by atoms with E-state index in [-0.39, 0.29) is 16.4 Å². The molecule has 0 bridgehead atoms. The zero-order valence-electron chi connectivity index (χ0n) is 9.29. The number of urea groups is 1. The third-order valence-corrected chi connectivity index (χ3v) is 2.56. The molecule has 3 N–H and O–H groups in total. The first-order chi connectivity index (χ1) is 9.11. The van der Waals surface area contributed by atoms with Gasteiger partial charge in [0, 0.05) is 6.20 Å². The maximum atomic E-state index is 11.5. The van der Waals surface area contributed by atoms with Crippen LogP contribution in [0.5, 0.6) is 0 Å². The number of imide groups is 1. The summed E-state index contributed by atoms with van der Waals surface area (Å²) in [6.45, 7) is 0. The molecule has 108 valence electrons. The Bertz CT molecular complexity index is 573. The fourth-order valence-electron chi connectivity index (χ4n) is 1.03. The zero-order chi connectivity index (χ0) is 15.5. The molecule has 0 spiro atoms. The SMILES string of the molecule is O=C(NC(=O)C(Cl)(Cl)Cl)Nc1cc(Cl)ncc1C(=O)O. The Morgan fingerprint density at radius 3 is 2.35 bits per heavy atom. The van der Waals surface area contributed by atoms with Gasteiger partial charge < -0.3 is 10.4 Å². The van der Waals surface area contributed by atoms with Gasteiger partial charge >= 0.3 is 12.0 Å². The van der Waals surface area contributed by atoms with E-state index in [9.17, 15) is 14.4 Å². The highest BCUT2D eigenvalue weighted by Gasteiger charge is 2.32. The Balaban J connectivity index is 2.88. The van der Waals surface area contributed by atoms with Crippen LogP contribution in [0.4, 0.5) is 10.5 Å². The summed E-state index contributed by atoms with van der Waals surface area (Å²) in [4.78, 5) is 37.2. The first-order valence-corrected chi connectivity index (χ1v) is 6.20. The van der Waals surface area contributed by atoms with Crippen molar-refractivity contribution in [2.75, 3.05) is 5.32 Å². The van der Waals surface area contributed by atoms with E-state index < -0.39 is 21.7 Å². The number of rotatable bonds is 2. The first kappa shape index (κ1) is 16.8. The van der Waals surface area contributed by atoms with Crippen LogP contribution >= 0.6 is 46.4 Å². The van der Waals surface area contributed by atoms with Gasteiger partial charge in [0.05, 0.1) is 5.69 Å². The maximum absolute atomic E-state index is 11.5. The third-order valence-electron chi connectivity index (χ3n) is 1.83. The smallest absolute Gasteiger partial charge is 0.339 e. The van der Waals surface area contributed by atoms with Crippen LogP contribution in [0.15, 0.2) is 12.3 Å². The number of nitrogens with one attached hydrogen (secondary N) is 2. The van der Waals surface area contributed by atoms with Crippen LogP contribution in [0.1, 0.15) is 10.4 Å². The highest BCUT2D eigenvalue weighted by molar-refractivity contribution is 6.76. The van der Waals surface area contributed by atoms with Crippen molar-refractivity contribution in [1.82, 2.24) is 10.3 Å². The van der Waals surface area contributed by atoms with E-state index in [4.69, 9.17) is 51.5 Å². The lowest BCUT2D eigenvalue weighted by Crippen LogP contribution is -2.41. The van der Waals surface area contributed by atoms with Crippen LogP contribution in [0.25, 0.3) is 0 Å². The summed E-state index contributed by atoms with van der Waals surface area (Å²) in [5.74, 6) is -2.55. The number of hydrogen-bond donors (Lipinski definition) is 3. The van der Waals surface area contributed by atoms with Gasteiger partial charge in [0.1, 0.15) is 10.7 Å². The van der Waals surface area contributed by atoms with Gasteiger partial charge in [-0.3, -0.25) is 10.1 Å². The van der Waals surface area contributed by atoms with Crippen molar-refractivity contribution in [2.45, 2.75) is 3.79 Å². The molecule has 7 nitrogen and oxygen atoms in total. The normalized spacial score (nSPS) is 10.8. The number of hydrogen-bond acceptors (Lipinski definition) is 4. The van der Waals surface area contributed by atoms with E-state index in [0.717, 1.165) is 12.3 Å². The van der Waals surface area contributed by atoms with Gasteiger partial charge in [-0.05, 0) is 6.07 Å². The molecule has 0 unspecified atom stereocenters. The molecular formula is C9H5Cl4N3O4. The second-order valence-corrected chi connectivity index (χ2v) is 5.93. The second-order valence-electron chi connectivity index (χ2n) is 3.26. The number of alkyl halides is 3. The van der Waals surface area contributed by atoms with Crippen molar-refractivity contribution in [1.29, 1.82) is 0 Å². The molecule has 0 aliphatic heterocycles. The lowest BCUT2D eigenvalue weighted by molar-refractivity contribution is -0.119. The molecule has 0 aromatic carbocycles. The van der Waals surface area contributed by atoms with E-state index in [2.05, 4.69) is 10.3 Å². The number of anilines is 1. The summed E-state index contributed by atoms with van der Waals surface area (Å²) in [7, 11) is 0. The van der Waals surface area contributed by atoms with Crippen molar-refractivity contribution < 1.29 is 19.5 Å². The van der Waals surface area contributed by atoms with E-state index in [1.165, 1.54) is 0 Å². The van der Waals surface area contributed by atoms with Crippen LogP contribution in [0.2, 0.25) is 5.15 Å². The lowest BCUT2D eigenvalue weighted by atomic mass is 10.2. The van der Waals surface area contributed by atoms with Gasteiger partial charge in [0.25, 0.3) is 9.70 Å². The minimum atomic E-state index is -2.33. The van der Waals surface area contributed by atoms with Crippen molar-refractivity contribution in [3.63, 3.8) is 0 Å². The Kier molecular flexibility index (Phi) is 5.41. The van der Waals surface area contributed by atoms with E-state index >= 15 is 0 Å². The Labute approximate surface area is 132 Å². The number of halogens is 4. The van der Waals surface area contributed by atoms with Gasteiger partial charge in [-0.2, -0.15) is 0 Å². The number of aromatic nitrogens is 1. The number of pyridine rings is 1. The molecular weight excluding hydrogens is 356 g/mol. The van der Waals surface area contributed by atoms with Crippen molar-refractivity contribution in [2.24, 2.45) is 0 Å². The second kappa shape index (κ2) is 6.45. The standard InChI is InChI=1S/C9H5Cl4N3O4/c10-5-1-4(3(2-14-5)6(17)18)15-8(20)16-7(19)9(11,12)13/h1-2H,(H,17,18)(H2,14,15,16,19,20). The van der Waals surface area contributed by atoms with Crippen LogP contribution in [-0.4, -0.2) is 31.8 Å². The maximum Gasteiger partial charge on any atom is 0.339 e. The number of carbonyl (C=O) groups is 3. The van der Waals surface area contributed by atoms with Crippen molar-refractivity contribution >= 4 is 70.0 Å². The number of carbonyl (C=O) groups excluding carboxylic acids is 2. The van der Waals surface area contributed by atoms with E-state index in [1.807, 2.05) is 0 Å². The summed E-state index contributed by atoms with van der Waals surface area (Å²) >= 11 is 21.3. The van der Waals surface area contributed by atoms with Crippen LogP contribution in [0, 0.1) is 0 Å². The fraction of sp³-hybridized carbons (Fsp3) is 0.111. The van der Waals surface area contributed by atoms with Gasteiger partial charge in [0.15, 0.2) is 0 Å². The van der Waals surface area contributed by atoms with Crippen LogP contribution < -0.4 is 10.6 Å². The molecule has 0 aliphatic carbocycles. The Morgan fingerprint density at radius 1 is 1.25 bits per heavy atom. The topological polar surface area (TPSA) is 108 Å². The average molecular weight is 361 g/mol. The Hall–Kier alpha value is -1.28. The predicted molar refractivity (Wildman–Crippen MR) is 73.7 cm³/mol. The number of carboxylic acid groups (broad SMARTS) is 1. The molecule has 0 saturated heterocycles. The summed E-state index contributed by atoms with van der Waals surface area (Å²) in [6.07, 6.45) is 0.942. The number of amides is 3. The summed E-state index contributed by atoms with van der Waals surface area (Å²) < 4.78 is -2.33. The number of carboxylic acids is 1. The van der Waals surface area contributed by atoms with Crippen LogP contribution in [0.3, 0.4) is 0 Å². The molecule has 1 aromatic rings. The van der Waals surface area contributed by atoms with Crippen molar-refractivity contribution in [3.05, 3.63) is 23.0 Å². The van der Waals surface area contributed by atoms with Gasteiger partial charge in [-0.1, -0.05) is 46.4 Å². The van der Waals surface area contributed by atoms with E-state index in [1.54, 1.807) is 5.32 Å². The highest BCUT2D eigenvalue weighted by atomic mass is 35.6. The minimum Gasteiger partial charge on any atom is -0.478 e. The Morgan fingerprint density at radius 2 is 1.85 bits per heavy atom. The third kappa shape index (κ3) is 4.68. The molecule has 1 aromatic heterocycles. The summed E-state index contributed by atoms with van der Waals surface area (Å²) in [5.41, 5.74) is -0.502. The minimum absolute atomic E-state index is 0.0574. The summed E-state index contributed by atoms with van der Waals surface area (Å²) in [5, 5.41) is 12.6. The van der Waals surface area contributed by atoms with Gasteiger partial charge in [-0.15, -0.1) is 0 Å². The molecule has 0 saturated carbocycles. The molecule has 3 amide bonds. The van der Waals surface area contributed by atoms with E-state index in [0.29, 0.717) is 0 Å². The van der Waals surface area contributed by atoms with Crippen molar-refractivity contribution in [3.8, 4) is 0 Å². The quantitative estimate of drug-likeness (QED) is 0.554. The van der Waals surface area contributed by atoms with Gasteiger partial charge in [0.2, 0.25) is 0 Å². The molecule has 1 rings (SSSR count). The number of nitrogens with zero attached hydrogens (tertiary/aromatic N) is 1. The largest absolute Gasteiger partial charge is 0.478 e. The average Bonchev–Trinajstić information content (AvgIpc) is 2.26. The lowest BCUT2D eigenvalue weighted by Gasteiger charge is -2.12. The molecule has 1 heterocycles. The predicted octanol–water partition coefficient (Wildman–Crippen LogP) is 2.45. The number of aromatic carboxylic acids is 1.